The van der Waals surface area contributed by atoms with Gasteiger partial charge >= 0.3 is 0 Å². The number of carbonyl (C=O) groups excluding carboxylic acids is 6. The monoisotopic (exact) mass is 727 g/mol. The maximum absolute atomic E-state index is 14.8. The van der Waals surface area contributed by atoms with E-state index in [4.69, 9.17) is 0 Å². The molecule has 284 valence electrons. The first kappa shape index (κ1) is 38.1. The van der Waals surface area contributed by atoms with E-state index in [0.29, 0.717) is 19.3 Å². The average molecular weight is 728 g/mol. The molecule has 4 aliphatic rings. The van der Waals surface area contributed by atoms with Gasteiger partial charge in [-0.15, -0.1) is 0 Å². The minimum Gasteiger partial charge on any atom is -0.347 e. The second-order valence-corrected chi connectivity index (χ2v) is 16.6. The Kier molecular flexibility index (Phi) is 11.3. The maximum Gasteiger partial charge on any atom is 0.289 e. The summed E-state index contributed by atoms with van der Waals surface area (Å²) in [6.45, 7) is 7.73. The van der Waals surface area contributed by atoms with Crippen LogP contribution in [0.25, 0.3) is 0 Å². The van der Waals surface area contributed by atoms with Gasteiger partial charge in [0.15, 0.2) is 0 Å². The van der Waals surface area contributed by atoms with Gasteiger partial charge in [0.25, 0.3) is 11.8 Å². The molecular formula is C40H53N7O6. The molecule has 2 saturated carbocycles. The molecular weight excluding hydrogens is 674 g/mol. The van der Waals surface area contributed by atoms with E-state index in [1.165, 1.54) is 23.5 Å². The highest BCUT2D eigenvalue weighted by Gasteiger charge is 2.61. The molecule has 1 spiro atoms. The quantitative estimate of drug-likeness (QED) is 0.228. The van der Waals surface area contributed by atoms with Crippen molar-refractivity contribution in [3.8, 4) is 0 Å². The van der Waals surface area contributed by atoms with Gasteiger partial charge in [0.05, 0.1) is 12.2 Å². The fourth-order valence-corrected chi connectivity index (χ4v) is 8.38. The lowest BCUT2D eigenvalue weighted by atomic mass is 9.67. The number of Topliss-reactive ketones (excluding diaryl/α,β-unsaturated/α-hetero) is 1. The highest BCUT2D eigenvalue weighted by molar-refractivity contribution is 6.38. The van der Waals surface area contributed by atoms with Crippen molar-refractivity contribution in [2.24, 2.45) is 16.7 Å². The summed E-state index contributed by atoms with van der Waals surface area (Å²) in [6, 6.07) is 4.07. The molecule has 1 aliphatic heterocycles. The Balaban J connectivity index is 1.25. The summed E-state index contributed by atoms with van der Waals surface area (Å²) in [5, 5.41) is 11.5. The Morgan fingerprint density at radius 1 is 0.906 bits per heavy atom. The predicted molar refractivity (Wildman–Crippen MR) is 196 cm³/mol. The van der Waals surface area contributed by atoms with Crippen molar-refractivity contribution in [2.45, 2.75) is 129 Å². The van der Waals surface area contributed by atoms with Gasteiger partial charge < -0.3 is 26.2 Å². The van der Waals surface area contributed by atoms with Gasteiger partial charge in [-0.1, -0.05) is 77.6 Å². The topological polar surface area (TPSA) is 180 Å². The summed E-state index contributed by atoms with van der Waals surface area (Å²) in [5.41, 5.74) is 0.922. The smallest absolute Gasteiger partial charge is 0.289 e. The van der Waals surface area contributed by atoms with Gasteiger partial charge in [-0.2, -0.15) is 0 Å². The second kappa shape index (κ2) is 15.7. The van der Waals surface area contributed by atoms with Crippen LogP contribution in [0.5, 0.6) is 0 Å². The van der Waals surface area contributed by atoms with Crippen molar-refractivity contribution >= 4 is 35.3 Å². The van der Waals surface area contributed by atoms with E-state index < -0.39 is 70.3 Å². The van der Waals surface area contributed by atoms with Crippen LogP contribution in [0.15, 0.2) is 42.9 Å². The van der Waals surface area contributed by atoms with Crippen LogP contribution in [0, 0.1) is 16.7 Å². The van der Waals surface area contributed by atoms with E-state index in [1.54, 1.807) is 0 Å². The van der Waals surface area contributed by atoms with Crippen molar-refractivity contribution in [1.29, 1.82) is 0 Å². The van der Waals surface area contributed by atoms with Crippen LogP contribution in [0.3, 0.4) is 0 Å². The molecule has 4 atom stereocenters. The predicted octanol–water partition coefficient (Wildman–Crippen LogP) is 2.81. The summed E-state index contributed by atoms with van der Waals surface area (Å²) < 4.78 is 0. The van der Waals surface area contributed by atoms with Crippen molar-refractivity contribution < 1.29 is 28.8 Å². The zero-order chi connectivity index (χ0) is 37.9. The van der Waals surface area contributed by atoms with E-state index in [1.807, 2.05) is 52.0 Å². The Hall–Kier alpha value is -4.68. The first-order valence-corrected chi connectivity index (χ1v) is 19.2. The number of ketones is 1. The van der Waals surface area contributed by atoms with Crippen LogP contribution in [-0.4, -0.2) is 86.9 Å². The van der Waals surface area contributed by atoms with Crippen LogP contribution in [-0.2, 0) is 36.8 Å². The summed E-state index contributed by atoms with van der Waals surface area (Å²) in [7, 11) is 0. The number of fused-ring (bicyclic) bond motifs is 1. The normalized spacial score (nSPS) is 21.0. The number of likely N-dealkylation sites (tertiary alicyclic amines) is 1. The summed E-state index contributed by atoms with van der Waals surface area (Å²) >= 11 is 0. The minimum atomic E-state index is -1.04. The van der Waals surface area contributed by atoms with Crippen LogP contribution in [0.2, 0.25) is 0 Å². The zero-order valence-corrected chi connectivity index (χ0v) is 31.3. The molecule has 53 heavy (non-hydrogen) atoms. The molecule has 3 fully saturated rings. The average Bonchev–Trinajstić information content (AvgIpc) is 3.86. The first-order valence-electron chi connectivity index (χ1n) is 19.2. The third kappa shape index (κ3) is 8.44. The van der Waals surface area contributed by atoms with E-state index in [9.17, 15) is 28.8 Å². The SMILES string of the molecule is CCCC(NC(=O)C1N(C(=O)[C@@H](NC(=O)[C@@H](NC(=O)c2cnccn2)C2CCCCC2)C(C)(C)C)CC12Cc1ccccc1C2)C(=O)C(=O)NC1CC1. The lowest BCUT2D eigenvalue weighted by Gasteiger charge is -2.56. The summed E-state index contributed by atoms with van der Waals surface area (Å²) in [4.78, 5) is 92.4. The van der Waals surface area contributed by atoms with Gasteiger partial charge in [-0.25, -0.2) is 4.98 Å². The molecule has 2 aromatic rings. The molecule has 2 unspecified atom stereocenters. The number of nitrogens with zero attached hydrogens (tertiary/aromatic N) is 3. The Morgan fingerprint density at radius 2 is 1.58 bits per heavy atom. The molecule has 13 heteroatoms. The number of hydrogen-bond acceptors (Lipinski definition) is 8. The molecule has 0 radical (unpaired) electrons. The van der Waals surface area contributed by atoms with Gasteiger partial charge in [0, 0.05) is 30.4 Å². The maximum atomic E-state index is 14.8. The van der Waals surface area contributed by atoms with Crippen molar-refractivity contribution in [3.05, 3.63) is 59.7 Å². The van der Waals surface area contributed by atoms with E-state index in [0.717, 1.165) is 56.1 Å². The molecule has 1 saturated heterocycles. The number of hydrogen-bond donors (Lipinski definition) is 4. The van der Waals surface area contributed by atoms with Crippen molar-refractivity contribution in [2.75, 3.05) is 6.54 Å². The van der Waals surface area contributed by atoms with Gasteiger partial charge in [0.2, 0.25) is 23.5 Å². The Bertz CT molecular complexity index is 1690. The molecule has 6 rings (SSSR count). The van der Waals surface area contributed by atoms with Crippen LogP contribution >= 0.6 is 0 Å². The van der Waals surface area contributed by atoms with Gasteiger partial charge in [-0.05, 0) is 67.4 Å². The highest BCUT2D eigenvalue weighted by atomic mass is 16.2. The fraction of sp³-hybridized carbons (Fsp3) is 0.600. The first-order chi connectivity index (χ1) is 25.3. The van der Waals surface area contributed by atoms with Crippen LogP contribution in [0.1, 0.15) is 107 Å². The number of amides is 5. The lowest BCUT2D eigenvalue weighted by molar-refractivity contribution is -0.169. The highest BCUT2D eigenvalue weighted by Crippen LogP contribution is 2.49. The molecule has 1 aromatic heterocycles. The Morgan fingerprint density at radius 3 is 2.17 bits per heavy atom. The molecule has 5 amide bonds. The number of nitrogens with one attached hydrogen (secondary N) is 4. The fourth-order valence-electron chi connectivity index (χ4n) is 8.38. The number of carbonyl (C=O) groups is 6. The number of rotatable bonds is 13. The van der Waals surface area contributed by atoms with Crippen LogP contribution < -0.4 is 21.3 Å². The van der Waals surface area contributed by atoms with E-state index in [-0.39, 0.29) is 30.6 Å². The molecule has 13 nitrogen and oxygen atoms in total. The standard InChI is InChI=1S/C40H53N7O6/c1-5-11-28(31(48)36(51)43-27-16-17-27)44-37(52)33-40(20-25-14-9-10-15-26(25)21-40)23-47(33)38(53)32(39(2,3)4)46-35(50)30(24-12-7-6-8-13-24)45-34(49)29-22-41-18-19-42-29/h9-10,14-15,18-19,22,24,27-28,30,32-33H,5-8,11-13,16-17,20-21,23H2,1-4H3,(H,43,51)(H,44,52)(H,45,49)(H,46,50)/t28?,30-,32+,33?/m0/s1. The molecule has 2 heterocycles. The molecule has 1 aromatic carbocycles. The molecule has 4 N–H and O–H groups in total. The van der Waals surface area contributed by atoms with Crippen molar-refractivity contribution in [3.63, 3.8) is 0 Å². The summed E-state index contributed by atoms with van der Waals surface area (Å²) in [5.74, 6) is -3.42. The molecule has 0 bridgehead atoms. The number of benzene rings is 1. The van der Waals surface area contributed by atoms with Crippen molar-refractivity contribution in [1.82, 2.24) is 36.1 Å². The zero-order valence-electron chi connectivity index (χ0n) is 31.3. The number of aromatic nitrogens is 2. The van der Waals surface area contributed by atoms with Gasteiger partial charge in [0.1, 0.15) is 23.8 Å². The lowest BCUT2D eigenvalue weighted by Crippen LogP contribution is -2.75. The van der Waals surface area contributed by atoms with Crippen LogP contribution in [0.4, 0.5) is 0 Å². The van der Waals surface area contributed by atoms with E-state index in [2.05, 4.69) is 31.2 Å². The largest absolute Gasteiger partial charge is 0.347 e. The third-order valence-electron chi connectivity index (χ3n) is 11.3. The van der Waals surface area contributed by atoms with E-state index >= 15 is 0 Å². The third-order valence-corrected chi connectivity index (χ3v) is 11.3. The summed E-state index contributed by atoms with van der Waals surface area (Å²) in [6.07, 6.45) is 12.3. The van der Waals surface area contributed by atoms with Gasteiger partial charge in [-0.3, -0.25) is 33.8 Å². The second-order valence-electron chi connectivity index (χ2n) is 16.6. The minimum absolute atomic E-state index is 0.00739. The Labute approximate surface area is 311 Å². The molecule has 3 aliphatic carbocycles.